The van der Waals surface area contributed by atoms with Crippen molar-refractivity contribution in [3.8, 4) is 5.75 Å². The predicted molar refractivity (Wildman–Crippen MR) is 48.7 cm³/mol. The van der Waals surface area contributed by atoms with Gasteiger partial charge in [0.05, 0.1) is 12.7 Å². The van der Waals surface area contributed by atoms with Crippen LogP contribution in [0.4, 0.5) is 0 Å². The summed E-state index contributed by atoms with van der Waals surface area (Å²) >= 11 is -2.38. The van der Waals surface area contributed by atoms with E-state index in [-0.39, 0.29) is 45.8 Å². The van der Waals surface area contributed by atoms with Gasteiger partial charge in [0.1, 0.15) is 5.75 Å². The molecule has 0 aliphatic heterocycles. The summed E-state index contributed by atoms with van der Waals surface area (Å²) < 4.78 is 26.0. The summed E-state index contributed by atoms with van der Waals surface area (Å²) in [6.45, 7) is 0. The van der Waals surface area contributed by atoms with Gasteiger partial charge in [-0.2, -0.15) is 0 Å². The van der Waals surface area contributed by atoms with Gasteiger partial charge in [-0.25, -0.2) is 0 Å². The summed E-state index contributed by atoms with van der Waals surface area (Å²) in [7, 11) is 1.37. The van der Waals surface area contributed by atoms with Gasteiger partial charge in [0.2, 0.25) is 0 Å². The Morgan fingerprint density at radius 1 is 1.53 bits per heavy atom. The van der Waals surface area contributed by atoms with E-state index in [2.05, 4.69) is 0 Å². The molecular weight excluding hydrogens is 229 g/mol. The molecule has 7 heteroatoms. The Hall–Kier alpha value is -0.400. The van der Waals surface area contributed by atoms with E-state index in [9.17, 15) is 13.6 Å². The maximum absolute atomic E-state index is 10.9. The summed E-state index contributed by atoms with van der Waals surface area (Å²) in [6, 6.07) is 3.88. The normalized spacial score (nSPS) is 11.3. The number of methoxy groups -OCH3 is 1. The van der Waals surface area contributed by atoms with Crippen molar-refractivity contribution in [2.75, 3.05) is 7.11 Å². The van der Waals surface area contributed by atoms with E-state index < -0.39 is 17.0 Å². The summed E-state index contributed by atoms with van der Waals surface area (Å²) in [5, 5.41) is 0. The average molecular weight is 237 g/mol. The molecule has 15 heavy (non-hydrogen) atoms. The van der Waals surface area contributed by atoms with Gasteiger partial charge in [-0.3, -0.25) is 9.00 Å². The van der Waals surface area contributed by atoms with Gasteiger partial charge < -0.3 is 15.0 Å². The van der Waals surface area contributed by atoms with Crippen LogP contribution in [0.15, 0.2) is 23.1 Å². The number of hydrogen-bond donors (Lipinski definition) is 1. The van der Waals surface area contributed by atoms with E-state index >= 15 is 0 Å². The molecule has 0 aliphatic carbocycles. The van der Waals surface area contributed by atoms with Crippen LogP contribution < -0.4 is 40.0 Å². The van der Waals surface area contributed by atoms with Crippen LogP contribution in [0.2, 0.25) is 0 Å². The van der Waals surface area contributed by atoms with E-state index in [1.807, 2.05) is 0 Å². The molecule has 0 radical (unpaired) electrons. The van der Waals surface area contributed by atoms with Gasteiger partial charge in [0.15, 0.2) is 0 Å². The quantitative estimate of drug-likeness (QED) is 0.449. The van der Waals surface area contributed by atoms with Crippen molar-refractivity contribution in [3.63, 3.8) is 0 Å². The van der Waals surface area contributed by atoms with Crippen LogP contribution in [0, 0.1) is 0 Å². The van der Waals surface area contributed by atoms with Crippen LogP contribution in [-0.2, 0) is 11.1 Å². The van der Waals surface area contributed by atoms with E-state index in [1.165, 1.54) is 25.3 Å². The maximum Gasteiger partial charge on any atom is 1.00 e. The first-order valence-electron chi connectivity index (χ1n) is 3.63. The number of benzene rings is 1. The molecule has 0 heterocycles. The molecule has 1 amide bonds. The zero-order chi connectivity index (χ0) is 10.7. The van der Waals surface area contributed by atoms with Crippen molar-refractivity contribution >= 4 is 17.0 Å². The predicted octanol–water partition coefficient (Wildman–Crippen LogP) is -2.96. The third-order valence-electron chi connectivity index (χ3n) is 1.63. The number of carbonyl (C=O) groups is 1. The van der Waals surface area contributed by atoms with Gasteiger partial charge in [0, 0.05) is 4.90 Å². The second-order valence-corrected chi connectivity index (χ2v) is 3.40. The molecule has 0 saturated carbocycles. The standard InChI is InChI=1S/C8H9NO4S.Na/c1-13-7-3-2-5(14(11)12)4-6(7)8(9)10;/h2-4H,1H3,(H2,9,10)(H,11,12);/q;+1/p-1. The molecule has 1 aromatic carbocycles. The van der Waals surface area contributed by atoms with Crippen LogP contribution in [0.3, 0.4) is 0 Å². The number of ether oxygens (including phenoxy) is 1. The third kappa shape index (κ3) is 3.58. The summed E-state index contributed by atoms with van der Waals surface area (Å²) in [5.41, 5.74) is 5.09. The van der Waals surface area contributed by atoms with Gasteiger partial charge in [-0.1, -0.05) is 0 Å². The van der Waals surface area contributed by atoms with Crippen LogP contribution in [0.1, 0.15) is 10.4 Å². The fourth-order valence-electron chi connectivity index (χ4n) is 0.983. The third-order valence-corrected chi connectivity index (χ3v) is 2.27. The van der Waals surface area contributed by atoms with E-state index in [0.29, 0.717) is 0 Å². The minimum absolute atomic E-state index is 0. The average Bonchev–Trinajstić information content (AvgIpc) is 2.16. The van der Waals surface area contributed by atoms with E-state index in [1.54, 1.807) is 0 Å². The number of carbonyl (C=O) groups excluding carboxylic acids is 1. The first-order chi connectivity index (χ1) is 6.56. The molecule has 0 aromatic heterocycles. The van der Waals surface area contributed by atoms with Crippen molar-refractivity contribution in [2.45, 2.75) is 4.90 Å². The molecule has 0 spiro atoms. The van der Waals surface area contributed by atoms with Crippen LogP contribution >= 0.6 is 0 Å². The first kappa shape index (κ1) is 14.6. The Morgan fingerprint density at radius 2 is 2.13 bits per heavy atom. The van der Waals surface area contributed by atoms with E-state index in [4.69, 9.17) is 10.5 Å². The van der Waals surface area contributed by atoms with Gasteiger partial charge in [-0.15, -0.1) is 0 Å². The smallest absolute Gasteiger partial charge is 0.768 e. The molecule has 0 bridgehead atoms. The minimum atomic E-state index is -2.38. The largest absolute Gasteiger partial charge is 1.00 e. The van der Waals surface area contributed by atoms with Crippen molar-refractivity contribution < 1.29 is 47.9 Å². The zero-order valence-corrected chi connectivity index (χ0v) is 11.2. The number of amides is 1. The molecule has 76 valence electrons. The van der Waals surface area contributed by atoms with E-state index in [0.717, 1.165) is 0 Å². The summed E-state index contributed by atoms with van der Waals surface area (Å²) in [6.07, 6.45) is 0. The van der Waals surface area contributed by atoms with Crippen LogP contribution in [0.25, 0.3) is 0 Å². The number of nitrogens with two attached hydrogens (primary N) is 1. The number of primary amides is 1. The Bertz CT molecular complexity index is 396. The molecule has 0 saturated heterocycles. The molecule has 5 nitrogen and oxygen atoms in total. The molecule has 0 fully saturated rings. The molecule has 1 aromatic rings. The van der Waals surface area contributed by atoms with Gasteiger partial charge >= 0.3 is 29.6 Å². The molecule has 1 atom stereocenters. The molecule has 1 unspecified atom stereocenters. The van der Waals surface area contributed by atoms with Crippen LogP contribution in [-0.4, -0.2) is 21.8 Å². The number of hydrogen-bond acceptors (Lipinski definition) is 4. The van der Waals surface area contributed by atoms with Gasteiger partial charge in [0.25, 0.3) is 5.91 Å². The second kappa shape index (κ2) is 6.24. The summed E-state index contributed by atoms with van der Waals surface area (Å²) in [5.74, 6) is -0.471. The van der Waals surface area contributed by atoms with Crippen molar-refractivity contribution in [3.05, 3.63) is 23.8 Å². The van der Waals surface area contributed by atoms with Gasteiger partial charge in [-0.05, 0) is 29.3 Å². The zero-order valence-electron chi connectivity index (χ0n) is 8.35. The fraction of sp³-hybridized carbons (Fsp3) is 0.125. The molecular formula is C8H8NNaO4S. The van der Waals surface area contributed by atoms with Crippen molar-refractivity contribution in [1.82, 2.24) is 0 Å². The van der Waals surface area contributed by atoms with Crippen molar-refractivity contribution in [1.29, 1.82) is 0 Å². The molecule has 0 aliphatic rings. The molecule has 1 rings (SSSR count). The summed E-state index contributed by atoms with van der Waals surface area (Å²) in [4.78, 5) is 10.9. The molecule has 2 N–H and O–H groups in total. The SMILES string of the molecule is COc1ccc(S(=O)[O-])cc1C(N)=O.[Na+]. The Kier molecular flexibility index (Phi) is 6.07. The van der Waals surface area contributed by atoms with Crippen molar-refractivity contribution in [2.24, 2.45) is 5.73 Å². The maximum atomic E-state index is 10.9. The second-order valence-electron chi connectivity index (χ2n) is 2.46. The Labute approximate surface area is 112 Å². The minimum Gasteiger partial charge on any atom is -0.768 e. The number of rotatable bonds is 3. The Morgan fingerprint density at radius 3 is 2.53 bits per heavy atom. The van der Waals surface area contributed by atoms with Crippen LogP contribution in [0.5, 0.6) is 5.75 Å². The fourth-order valence-corrected chi connectivity index (χ4v) is 1.38. The first-order valence-corrected chi connectivity index (χ1v) is 4.71. The Balaban J connectivity index is 0.00000196. The topological polar surface area (TPSA) is 92.4 Å². The monoisotopic (exact) mass is 237 g/mol.